The van der Waals surface area contributed by atoms with Crippen molar-refractivity contribution in [1.29, 1.82) is 0 Å². The summed E-state index contributed by atoms with van der Waals surface area (Å²) in [6.07, 6.45) is 1.27. The van der Waals surface area contributed by atoms with Gasteiger partial charge < -0.3 is 15.5 Å². The number of hydrogen-bond donors (Lipinski definition) is 1. The summed E-state index contributed by atoms with van der Waals surface area (Å²) in [7, 11) is 2.02. The molecule has 1 unspecified atom stereocenters. The lowest BCUT2D eigenvalue weighted by Gasteiger charge is -2.38. The Morgan fingerprint density at radius 1 is 1.50 bits per heavy atom. The number of nitrogens with zero attached hydrogens (tertiary/aromatic N) is 5. The molecule has 1 saturated heterocycles. The highest BCUT2D eigenvalue weighted by atomic mass is 16.6. The standard InChI is InChI=1S/C10H16N6O2/c1-7-5-14(2)3-4-15(7)10-8(16(17)18)9(11)12-6-13-10/h6-7H,3-5H2,1-2H3,(H2,11,12,13). The number of nitro groups is 1. The summed E-state index contributed by atoms with van der Waals surface area (Å²) in [5.74, 6) is 0.226. The minimum Gasteiger partial charge on any atom is -0.378 e. The molecule has 0 amide bonds. The van der Waals surface area contributed by atoms with Crippen LogP contribution in [0.15, 0.2) is 6.33 Å². The van der Waals surface area contributed by atoms with E-state index in [9.17, 15) is 10.1 Å². The molecule has 2 heterocycles. The molecule has 8 heteroatoms. The second-order valence-corrected chi connectivity index (χ2v) is 4.49. The molecule has 2 rings (SSSR count). The molecular weight excluding hydrogens is 236 g/mol. The number of rotatable bonds is 2. The number of nitrogen functional groups attached to an aromatic ring is 1. The van der Waals surface area contributed by atoms with E-state index in [1.54, 1.807) is 0 Å². The zero-order chi connectivity index (χ0) is 13.3. The van der Waals surface area contributed by atoms with Crippen molar-refractivity contribution in [3.05, 3.63) is 16.4 Å². The predicted octanol–water partition coefficient (Wildman–Crippen LogP) is 0.107. The Hall–Kier alpha value is -1.96. The number of nitrogens with two attached hydrogens (primary N) is 1. The first-order valence-electron chi connectivity index (χ1n) is 5.70. The number of anilines is 2. The van der Waals surface area contributed by atoms with Crippen molar-refractivity contribution in [1.82, 2.24) is 14.9 Å². The van der Waals surface area contributed by atoms with E-state index in [1.165, 1.54) is 6.33 Å². The maximum Gasteiger partial charge on any atom is 0.353 e. The molecule has 1 atom stereocenters. The van der Waals surface area contributed by atoms with Crippen LogP contribution in [-0.4, -0.2) is 52.5 Å². The summed E-state index contributed by atoms with van der Waals surface area (Å²) in [5, 5.41) is 11.1. The van der Waals surface area contributed by atoms with Crippen molar-refractivity contribution in [3.63, 3.8) is 0 Å². The molecule has 98 valence electrons. The van der Waals surface area contributed by atoms with Crippen LogP contribution in [-0.2, 0) is 0 Å². The third-order valence-electron chi connectivity index (χ3n) is 3.12. The van der Waals surface area contributed by atoms with E-state index in [1.807, 2.05) is 18.9 Å². The molecule has 8 nitrogen and oxygen atoms in total. The van der Waals surface area contributed by atoms with E-state index in [4.69, 9.17) is 5.73 Å². The second-order valence-electron chi connectivity index (χ2n) is 4.49. The molecule has 1 aromatic rings. The molecule has 1 fully saturated rings. The largest absolute Gasteiger partial charge is 0.378 e. The smallest absolute Gasteiger partial charge is 0.353 e. The van der Waals surface area contributed by atoms with Crippen LogP contribution in [0.1, 0.15) is 6.92 Å². The summed E-state index contributed by atoms with van der Waals surface area (Å²) in [4.78, 5) is 22.4. The SMILES string of the molecule is CC1CN(C)CCN1c1ncnc(N)c1[N+](=O)[O-]. The monoisotopic (exact) mass is 252 g/mol. The van der Waals surface area contributed by atoms with Crippen LogP contribution >= 0.6 is 0 Å². The van der Waals surface area contributed by atoms with E-state index in [0.29, 0.717) is 12.4 Å². The second kappa shape index (κ2) is 4.73. The number of piperazine rings is 1. The van der Waals surface area contributed by atoms with Gasteiger partial charge in [0.1, 0.15) is 6.33 Å². The van der Waals surface area contributed by atoms with E-state index < -0.39 is 4.92 Å². The summed E-state index contributed by atoms with van der Waals surface area (Å²) >= 11 is 0. The van der Waals surface area contributed by atoms with Gasteiger partial charge in [-0.05, 0) is 14.0 Å². The first-order valence-corrected chi connectivity index (χ1v) is 5.70. The Kier molecular flexibility index (Phi) is 3.28. The average molecular weight is 252 g/mol. The molecule has 1 aliphatic heterocycles. The predicted molar refractivity (Wildman–Crippen MR) is 67.4 cm³/mol. The maximum atomic E-state index is 11.1. The van der Waals surface area contributed by atoms with Crippen molar-refractivity contribution in [2.45, 2.75) is 13.0 Å². The third kappa shape index (κ3) is 2.19. The molecule has 0 radical (unpaired) electrons. The maximum absolute atomic E-state index is 11.1. The first-order chi connectivity index (χ1) is 8.50. The average Bonchev–Trinajstić information content (AvgIpc) is 2.28. The quantitative estimate of drug-likeness (QED) is 0.588. The molecule has 18 heavy (non-hydrogen) atoms. The van der Waals surface area contributed by atoms with E-state index in [0.717, 1.165) is 13.1 Å². The topological polar surface area (TPSA) is 101 Å². The fourth-order valence-electron chi connectivity index (χ4n) is 2.22. The highest BCUT2D eigenvalue weighted by Crippen LogP contribution is 2.31. The van der Waals surface area contributed by atoms with Crippen molar-refractivity contribution >= 4 is 17.3 Å². The van der Waals surface area contributed by atoms with E-state index >= 15 is 0 Å². The molecule has 2 N–H and O–H groups in total. The Labute approximate surface area is 105 Å². The summed E-state index contributed by atoms with van der Waals surface area (Å²) in [6.45, 7) is 4.37. The molecule has 0 saturated carbocycles. The zero-order valence-electron chi connectivity index (χ0n) is 10.4. The van der Waals surface area contributed by atoms with E-state index in [2.05, 4.69) is 14.9 Å². The molecule has 0 bridgehead atoms. The van der Waals surface area contributed by atoms with Crippen LogP contribution < -0.4 is 10.6 Å². The van der Waals surface area contributed by atoms with Crippen LogP contribution in [0.5, 0.6) is 0 Å². The van der Waals surface area contributed by atoms with Gasteiger partial charge in [0.15, 0.2) is 0 Å². The van der Waals surface area contributed by atoms with Gasteiger partial charge >= 0.3 is 5.69 Å². The lowest BCUT2D eigenvalue weighted by Crippen LogP contribution is -2.51. The van der Waals surface area contributed by atoms with Gasteiger partial charge in [-0.1, -0.05) is 0 Å². The highest BCUT2D eigenvalue weighted by molar-refractivity contribution is 5.68. The van der Waals surface area contributed by atoms with Gasteiger partial charge in [-0.25, -0.2) is 9.97 Å². The zero-order valence-corrected chi connectivity index (χ0v) is 10.4. The van der Waals surface area contributed by atoms with Crippen molar-refractivity contribution in [2.75, 3.05) is 37.3 Å². The lowest BCUT2D eigenvalue weighted by atomic mass is 10.2. The summed E-state index contributed by atoms with van der Waals surface area (Å²) < 4.78 is 0. The van der Waals surface area contributed by atoms with Crippen LogP contribution in [0.25, 0.3) is 0 Å². The Morgan fingerprint density at radius 3 is 2.83 bits per heavy atom. The Bertz CT molecular complexity index is 466. The van der Waals surface area contributed by atoms with Crippen LogP contribution in [0, 0.1) is 10.1 Å². The molecule has 0 aliphatic carbocycles. The van der Waals surface area contributed by atoms with Crippen molar-refractivity contribution in [2.24, 2.45) is 0 Å². The van der Waals surface area contributed by atoms with Gasteiger partial charge in [0, 0.05) is 25.7 Å². The van der Waals surface area contributed by atoms with Crippen LogP contribution in [0.4, 0.5) is 17.3 Å². The van der Waals surface area contributed by atoms with Gasteiger partial charge in [-0.3, -0.25) is 10.1 Å². The Morgan fingerprint density at radius 2 is 2.22 bits per heavy atom. The number of likely N-dealkylation sites (N-methyl/N-ethyl adjacent to an activating group) is 1. The molecule has 1 aliphatic rings. The van der Waals surface area contributed by atoms with Gasteiger partial charge in [0.05, 0.1) is 4.92 Å². The van der Waals surface area contributed by atoms with Gasteiger partial charge in [0.25, 0.3) is 0 Å². The molecule has 1 aromatic heterocycles. The van der Waals surface area contributed by atoms with Crippen LogP contribution in [0.2, 0.25) is 0 Å². The first kappa shape index (κ1) is 12.5. The van der Waals surface area contributed by atoms with Gasteiger partial charge in [0.2, 0.25) is 11.6 Å². The van der Waals surface area contributed by atoms with Gasteiger partial charge in [-0.15, -0.1) is 0 Å². The van der Waals surface area contributed by atoms with Crippen molar-refractivity contribution < 1.29 is 4.92 Å². The Balaban J connectivity index is 2.39. The third-order valence-corrected chi connectivity index (χ3v) is 3.12. The van der Waals surface area contributed by atoms with Gasteiger partial charge in [-0.2, -0.15) is 0 Å². The molecule has 0 aromatic carbocycles. The normalized spacial score (nSPS) is 21.0. The lowest BCUT2D eigenvalue weighted by molar-refractivity contribution is -0.383. The summed E-state index contributed by atoms with van der Waals surface area (Å²) in [5.41, 5.74) is 5.37. The number of hydrogen-bond acceptors (Lipinski definition) is 7. The number of aromatic nitrogens is 2. The summed E-state index contributed by atoms with van der Waals surface area (Å²) in [6, 6.07) is 0.150. The van der Waals surface area contributed by atoms with Crippen molar-refractivity contribution in [3.8, 4) is 0 Å². The minimum atomic E-state index is -0.518. The minimum absolute atomic E-state index is 0.0869. The fourth-order valence-corrected chi connectivity index (χ4v) is 2.22. The molecule has 0 spiro atoms. The fraction of sp³-hybridized carbons (Fsp3) is 0.600. The van der Waals surface area contributed by atoms with Crippen LogP contribution in [0.3, 0.4) is 0 Å². The van der Waals surface area contributed by atoms with E-state index in [-0.39, 0.29) is 17.5 Å². The highest BCUT2D eigenvalue weighted by Gasteiger charge is 2.30. The molecular formula is C10H16N6O2.